The van der Waals surface area contributed by atoms with Gasteiger partial charge in [0.1, 0.15) is 0 Å². The minimum Gasteiger partial charge on any atom is -0.350 e. The van der Waals surface area contributed by atoms with Crippen LogP contribution < -0.4 is 10.6 Å². The van der Waals surface area contributed by atoms with E-state index in [1.54, 1.807) is 4.90 Å². The minimum absolute atomic E-state index is 0.0260. The maximum atomic E-state index is 12.6. The van der Waals surface area contributed by atoms with Crippen LogP contribution in [0.15, 0.2) is 24.3 Å². The van der Waals surface area contributed by atoms with Gasteiger partial charge >= 0.3 is 6.03 Å². The summed E-state index contributed by atoms with van der Waals surface area (Å²) in [6.07, 6.45) is 2.49. The molecular formula is C20H28N4O4S. The van der Waals surface area contributed by atoms with Crippen molar-refractivity contribution in [3.8, 4) is 0 Å². The molecule has 3 saturated heterocycles. The summed E-state index contributed by atoms with van der Waals surface area (Å²) in [5.74, 6) is -0.369. The van der Waals surface area contributed by atoms with Crippen LogP contribution in [0, 0.1) is 18.8 Å². The Morgan fingerprint density at radius 1 is 1.24 bits per heavy atom. The van der Waals surface area contributed by atoms with Crippen molar-refractivity contribution in [2.75, 3.05) is 32.4 Å². The van der Waals surface area contributed by atoms with E-state index in [0.717, 1.165) is 11.1 Å². The first kappa shape index (κ1) is 20.2. The van der Waals surface area contributed by atoms with Crippen LogP contribution in [-0.2, 0) is 21.4 Å². The number of amides is 3. The molecule has 0 unspecified atom stereocenters. The number of carbonyl (C=O) groups is 2. The highest BCUT2D eigenvalue weighted by Gasteiger charge is 2.58. The molecule has 2 atom stereocenters. The highest BCUT2D eigenvalue weighted by atomic mass is 32.2. The molecule has 0 radical (unpaired) electrons. The molecular weight excluding hydrogens is 392 g/mol. The van der Waals surface area contributed by atoms with Crippen LogP contribution in [0.2, 0.25) is 0 Å². The number of nitrogens with zero attached hydrogens (tertiary/aromatic N) is 2. The largest absolute Gasteiger partial charge is 0.350 e. The number of fused-ring (bicyclic) bond motifs is 2. The van der Waals surface area contributed by atoms with Crippen molar-refractivity contribution >= 4 is 22.0 Å². The number of aryl methyl sites for hydroxylation is 1. The van der Waals surface area contributed by atoms with Crippen LogP contribution in [0.3, 0.4) is 0 Å². The minimum atomic E-state index is -3.31. The molecule has 0 bridgehead atoms. The molecule has 3 heterocycles. The van der Waals surface area contributed by atoms with Gasteiger partial charge in [-0.05, 0) is 30.9 Å². The molecule has 9 heteroatoms. The van der Waals surface area contributed by atoms with Crippen LogP contribution in [0.25, 0.3) is 0 Å². The third-order valence-electron chi connectivity index (χ3n) is 6.81. The van der Waals surface area contributed by atoms with E-state index >= 15 is 0 Å². The molecule has 0 aromatic heterocycles. The summed E-state index contributed by atoms with van der Waals surface area (Å²) in [6.45, 7) is 4.23. The van der Waals surface area contributed by atoms with Crippen molar-refractivity contribution in [3.63, 3.8) is 0 Å². The van der Waals surface area contributed by atoms with Gasteiger partial charge in [-0.3, -0.25) is 4.79 Å². The second kappa shape index (κ2) is 7.28. The molecule has 0 saturated carbocycles. The molecule has 0 aliphatic carbocycles. The summed E-state index contributed by atoms with van der Waals surface area (Å²) in [5, 5.41) is 6.13. The van der Waals surface area contributed by atoms with Gasteiger partial charge in [0.05, 0.1) is 12.2 Å². The summed E-state index contributed by atoms with van der Waals surface area (Å²) in [7, 11) is -3.31. The number of urea groups is 1. The number of carbonyl (C=O) groups excluding carboxylic acids is 2. The molecule has 3 aliphatic rings. The molecule has 2 N–H and O–H groups in total. The molecule has 29 heavy (non-hydrogen) atoms. The Hall–Kier alpha value is -2.13. The summed E-state index contributed by atoms with van der Waals surface area (Å²) in [5.41, 5.74) is 1.82. The monoisotopic (exact) mass is 420 g/mol. The molecule has 1 aromatic rings. The van der Waals surface area contributed by atoms with Crippen molar-refractivity contribution in [1.29, 1.82) is 0 Å². The zero-order valence-electron chi connectivity index (χ0n) is 16.8. The zero-order valence-corrected chi connectivity index (χ0v) is 17.7. The third kappa shape index (κ3) is 3.73. The van der Waals surface area contributed by atoms with Gasteiger partial charge in [-0.15, -0.1) is 0 Å². The van der Waals surface area contributed by atoms with Gasteiger partial charge in [0.15, 0.2) is 0 Å². The maximum absolute atomic E-state index is 12.6. The highest BCUT2D eigenvalue weighted by Crippen LogP contribution is 2.44. The summed E-state index contributed by atoms with van der Waals surface area (Å²) >= 11 is 0. The van der Waals surface area contributed by atoms with E-state index in [9.17, 15) is 18.0 Å². The van der Waals surface area contributed by atoms with Crippen LogP contribution in [-0.4, -0.2) is 67.5 Å². The molecule has 3 amide bonds. The predicted molar refractivity (Wildman–Crippen MR) is 108 cm³/mol. The standard InChI is InChI=1S/C20H28N4O4S/c1-14-5-3-4-6-15(14)11-21-19(26)23-9-7-20(8-10-23)17-13-24(29(2,27)28)12-16(17)18(25)22-20/h3-6,16-17H,7-13H2,1-2H3,(H,21,26)(H,22,25)/t16-,17+/m1/s1. The number of benzene rings is 1. The predicted octanol–water partition coefficient (Wildman–Crippen LogP) is 0.677. The lowest BCUT2D eigenvalue weighted by molar-refractivity contribution is -0.123. The van der Waals surface area contributed by atoms with E-state index in [1.165, 1.54) is 10.6 Å². The van der Waals surface area contributed by atoms with E-state index in [4.69, 9.17) is 0 Å². The molecule has 1 spiro atoms. The van der Waals surface area contributed by atoms with Crippen molar-refractivity contribution in [2.45, 2.75) is 31.8 Å². The van der Waals surface area contributed by atoms with Gasteiger partial charge in [0, 0.05) is 44.2 Å². The number of sulfonamides is 1. The molecule has 4 rings (SSSR count). The summed E-state index contributed by atoms with van der Waals surface area (Å²) < 4.78 is 25.3. The van der Waals surface area contributed by atoms with Crippen LogP contribution >= 0.6 is 0 Å². The second-order valence-electron chi connectivity index (χ2n) is 8.51. The van der Waals surface area contributed by atoms with Gasteiger partial charge < -0.3 is 15.5 Å². The third-order valence-corrected chi connectivity index (χ3v) is 8.04. The fourth-order valence-corrected chi connectivity index (χ4v) is 5.85. The fourth-order valence-electron chi connectivity index (χ4n) is 4.99. The van der Waals surface area contributed by atoms with E-state index in [0.29, 0.717) is 39.0 Å². The van der Waals surface area contributed by atoms with Crippen LogP contribution in [0.5, 0.6) is 0 Å². The average molecular weight is 421 g/mol. The smallest absolute Gasteiger partial charge is 0.317 e. The van der Waals surface area contributed by atoms with E-state index in [1.807, 2.05) is 31.2 Å². The quantitative estimate of drug-likeness (QED) is 0.751. The molecule has 158 valence electrons. The number of nitrogens with one attached hydrogen (secondary N) is 2. The Kier molecular flexibility index (Phi) is 5.06. The Morgan fingerprint density at radius 3 is 2.59 bits per heavy atom. The molecule has 3 fully saturated rings. The topological polar surface area (TPSA) is 98.8 Å². The number of hydrogen-bond acceptors (Lipinski definition) is 4. The van der Waals surface area contributed by atoms with E-state index in [2.05, 4.69) is 10.6 Å². The Labute approximate surface area is 171 Å². The number of piperidine rings is 1. The Morgan fingerprint density at radius 2 is 1.93 bits per heavy atom. The SMILES string of the molecule is Cc1ccccc1CNC(=O)N1CCC2(CC1)NC(=O)[C@@H]1CN(S(C)(=O)=O)C[C@@H]12. The number of hydrogen-bond donors (Lipinski definition) is 2. The number of likely N-dealkylation sites (tertiary alicyclic amines) is 1. The zero-order chi connectivity index (χ0) is 20.8. The fraction of sp³-hybridized carbons (Fsp3) is 0.600. The Balaban J connectivity index is 1.37. The molecule has 8 nitrogen and oxygen atoms in total. The average Bonchev–Trinajstić information content (AvgIpc) is 3.23. The van der Waals surface area contributed by atoms with Gasteiger partial charge in [-0.2, -0.15) is 0 Å². The lowest BCUT2D eigenvalue weighted by Crippen LogP contribution is -2.57. The first-order chi connectivity index (χ1) is 13.7. The highest BCUT2D eigenvalue weighted by molar-refractivity contribution is 7.88. The normalized spacial score (nSPS) is 26.4. The van der Waals surface area contributed by atoms with Gasteiger partial charge in [0.25, 0.3) is 0 Å². The van der Waals surface area contributed by atoms with Crippen molar-refractivity contribution < 1.29 is 18.0 Å². The van der Waals surface area contributed by atoms with Gasteiger partial charge in [-0.25, -0.2) is 17.5 Å². The van der Waals surface area contributed by atoms with E-state index in [-0.39, 0.29) is 30.3 Å². The summed E-state index contributed by atoms with van der Waals surface area (Å²) in [6, 6.07) is 7.85. The van der Waals surface area contributed by atoms with Crippen molar-refractivity contribution in [2.24, 2.45) is 11.8 Å². The number of rotatable bonds is 3. The van der Waals surface area contributed by atoms with E-state index < -0.39 is 15.6 Å². The van der Waals surface area contributed by atoms with Crippen LogP contribution in [0.1, 0.15) is 24.0 Å². The van der Waals surface area contributed by atoms with Crippen LogP contribution in [0.4, 0.5) is 4.79 Å². The second-order valence-corrected chi connectivity index (χ2v) is 10.5. The van der Waals surface area contributed by atoms with Gasteiger partial charge in [-0.1, -0.05) is 24.3 Å². The maximum Gasteiger partial charge on any atom is 0.317 e. The van der Waals surface area contributed by atoms with Gasteiger partial charge in [0.2, 0.25) is 15.9 Å². The lowest BCUT2D eigenvalue weighted by atomic mass is 9.75. The lowest BCUT2D eigenvalue weighted by Gasteiger charge is -2.42. The first-order valence-corrected chi connectivity index (χ1v) is 11.9. The molecule has 1 aromatic carbocycles. The summed E-state index contributed by atoms with van der Waals surface area (Å²) in [4.78, 5) is 26.9. The molecule has 3 aliphatic heterocycles. The Bertz CT molecular complexity index is 924. The van der Waals surface area contributed by atoms with Crippen molar-refractivity contribution in [1.82, 2.24) is 19.8 Å². The van der Waals surface area contributed by atoms with Crippen molar-refractivity contribution in [3.05, 3.63) is 35.4 Å². The first-order valence-electron chi connectivity index (χ1n) is 10.0.